The maximum absolute atomic E-state index is 12.1. The first-order valence-electron chi connectivity index (χ1n) is 6.81. The topological polar surface area (TPSA) is 59.0 Å². The summed E-state index contributed by atoms with van der Waals surface area (Å²) in [4.78, 5) is 12.1. The molecule has 2 heterocycles. The molecule has 104 valence electrons. The number of halogens is 1. The number of fused-ring (bicyclic) bond motifs is 1. The van der Waals surface area contributed by atoms with Crippen LogP contribution in [-0.4, -0.2) is 28.9 Å². The molecule has 5 nitrogen and oxygen atoms in total. The zero-order valence-corrected chi connectivity index (χ0v) is 11.9. The Morgan fingerprint density at radius 1 is 1.53 bits per heavy atom. The SMILES string of the molecule is CC(C)Cn1ncc(NC2C3CNCC32)c(Cl)c1=O. The molecule has 3 rings (SSSR count). The highest BCUT2D eigenvalue weighted by Crippen LogP contribution is 2.44. The lowest BCUT2D eigenvalue weighted by Crippen LogP contribution is -2.27. The van der Waals surface area contributed by atoms with Crippen LogP contribution >= 0.6 is 11.6 Å². The van der Waals surface area contributed by atoms with E-state index in [1.165, 1.54) is 4.68 Å². The van der Waals surface area contributed by atoms with E-state index in [4.69, 9.17) is 11.6 Å². The zero-order valence-electron chi connectivity index (χ0n) is 11.2. The van der Waals surface area contributed by atoms with Crippen LogP contribution < -0.4 is 16.2 Å². The van der Waals surface area contributed by atoms with Crippen molar-refractivity contribution in [1.82, 2.24) is 15.1 Å². The highest BCUT2D eigenvalue weighted by molar-refractivity contribution is 6.32. The third-order valence-electron chi connectivity index (χ3n) is 3.94. The fourth-order valence-electron chi connectivity index (χ4n) is 2.85. The number of hydrogen-bond acceptors (Lipinski definition) is 4. The summed E-state index contributed by atoms with van der Waals surface area (Å²) in [5, 5.41) is 11.2. The fraction of sp³-hybridized carbons (Fsp3) is 0.692. The number of anilines is 1. The van der Waals surface area contributed by atoms with Crippen molar-refractivity contribution >= 4 is 17.3 Å². The zero-order chi connectivity index (χ0) is 13.6. The van der Waals surface area contributed by atoms with E-state index in [1.54, 1.807) is 6.20 Å². The molecule has 1 aliphatic heterocycles. The Bertz CT molecular complexity index is 532. The maximum Gasteiger partial charge on any atom is 0.287 e. The van der Waals surface area contributed by atoms with Gasteiger partial charge in [-0.05, 0) is 17.8 Å². The second kappa shape index (κ2) is 4.80. The minimum Gasteiger partial charge on any atom is -0.379 e. The van der Waals surface area contributed by atoms with Gasteiger partial charge in [-0.15, -0.1) is 0 Å². The predicted octanol–water partition coefficient (Wildman–Crippen LogP) is 1.18. The molecule has 0 bridgehead atoms. The summed E-state index contributed by atoms with van der Waals surface area (Å²) in [6, 6.07) is 0.445. The average molecular weight is 283 g/mol. The Kier molecular flexibility index (Phi) is 3.27. The number of rotatable bonds is 4. The monoisotopic (exact) mass is 282 g/mol. The molecule has 6 heteroatoms. The van der Waals surface area contributed by atoms with Gasteiger partial charge in [-0.1, -0.05) is 25.4 Å². The number of aromatic nitrogens is 2. The first-order valence-corrected chi connectivity index (χ1v) is 7.18. The summed E-state index contributed by atoms with van der Waals surface area (Å²) in [7, 11) is 0. The van der Waals surface area contributed by atoms with Crippen molar-refractivity contribution in [3.8, 4) is 0 Å². The van der Waals surface area contributed by atoms with Crippen LogP contribution in [0.4, 0.5) is 5.69 Å². The average Bonchev–Trinajstić information content (AvgIpc) is 2.81. The summed E-state index contributed by atoms with van der Waals surface area (Å²) in [5.74, 6) is 1.72. The number of nitrogens with zero attached hydrogens (tertiary/aromatic N) is 2. The molecule has 1 saturated carbocycles. The van der Waals surface area contributed by atoms with E-state index in [1.807, 2.05) is 13.8 Å². The van der Waals surface area contributed by atoms with E-state index in [2.05, 4.69) is 15.7 Å². The van der Waals surface area contributed by atoms with Crippen molar-refractivity contribution in [2.24, 2.45) is 17.8 Å². The first kappa shape index (κ1) is 12.9. The molecule has 1 saturated heterocycles. The van der Waals surface area contributed by atoms with Gasteiger partial charge in [0, 0.05) is 25.7 Å². The standard InChI is InChI=1S/C13H19ClN4O/c1-7(2)6-18-13(19)11(14)10(5-16-18)17-12-8-3-15-4-9(8)12/h5,7-9,12,15,17H,3-4,6H2,1-2H3. The highest BCUT2D eigenvalue weighted by Gasteiger charge is 2.53. The van der Waals surface area contributed by atoms with Gasteiger partial charge in [0.05, 0.1) is 11.9 Å². The van der Waals surface area contributed by atoms with Crippen LogP contribution in [0.15, 0.2) is 11.0 Å². The largest absolute Gasteiger partial charge is 0.379 e. The summed E-state index contributed by atoms with van der Waals surface area (Å²) >= 11 is 6.16. The van der Waals surface area contributed by atoms with Gasteiger partial charge in [0.15, 0.2) is 0 Å². The van der Waals surface area contributed by atoms with Crippen LogP contribution in [0.5, 0.6) is 0 Å². The molecule has 2 unspecified atom stereocenters. The van der Waals surface area contributed by atoms with Gasteiger partial charge in [0.25, 0.3) is 5.56 Å². The molecule has 1 aromatic rings. The number of nitrogens with one attached hydrogen (secondary N) is 2. The van der Waals surface area contributed by atoms with Crippen molar-refractivity contribution in [2.45, 2.75) is 26.4 Å². The van der Waals surface area contributed by atoms with E-state index in [-0.39, 0.29) is 10.6 Å². The molecule has 2 aliphatic rings. The second-order valence-corrected chi connectivity index (χ2v) is 6.29. The molecule has 0 amide bonds. The van der Waals surface area contributed by atoms with Crippen LogP contribution in [0.3, 0.4) is 0 Å². The number of hydrogen-bond donors (Lipinski definition) is 2. The third kappa shape index (κ3) is 2.37. The molecule has 0 spiro atoms. The summed E-state index contributed by atoms with van der Waals surface area (Å²) < 4.78 is 1.44. The molecule has 1 aromatic heterocycles. The Morgan fingerprint density at radius 3 is 2.84 bits per heavy atom. The molecular formula is C13H19ClN4O. The van der Waals surface area contributed by atoms with Gasteiger partial charge >= 0.3 is 0 Å². The van der Waals surface area contributed by atoms with Gasteiger partial charge in [0.1, 0.15) is 5.02 Å². The number of piperidine rings is 1. The molecule has 0 radical (unpaired) electrons. The Hall–Kier alpha value is -1.07. The van der Waals surface area contributed by atoms with Crippen LogP contribution in [0.2, 0.25) is 5.02 Å². The maximum atomic E-state index is 12.1. The van der Waals surface area contributed by atoms with E-state index in [9.17, 15) is 4.79 Å². The quantitative estimate of drug-likeness (QED) is 0.871. The van der Waals surface area contributed by atoms with Crippen molar-refractivity contribution in [1.29, 1.82) is 0 Å². The molecule has 1 aliphatic carbocycles. The normalized spacial score (nSPS) is 28.5. The minimum atomic E-state index is -0.204. The van der Waals surface area contributed by atoms with Crippen LogP contribution in [0.1, 0.15) is 13.8 Å². The van der Waals surface area contributed by atoms with Gasteiger partial charge < -0.3 is 10.6 Å². The molecule has 2 fully saturated rings. The summed E-state index contributed by atoms with van der Waals surface area (Å²) in [6.07, 6.45) is 1.67. The minimum absolute atomic E-state index is 0.204. The highest BCUT2D eigenvalue weighted by atomic mass is 35.5. The van der Waals surface area contributed by atoms with E-state index in [0.717, 1.165) is 13.1 Å². The van der Waals surface area contributed by atoms with Crippen LogP contribution in [0, 0.1) is 17.8 Å². The van der Waals surface area contributed by atoms with Crippen LogP contribution in [0.25, 0.3) is 0 Å². The summed E-state index contributed by atoms with van der Waals surface area (Å²) in [5.41, 5.74) is 0.468. The predicted molar refractivity (Wildman–Crippen MR) is 75.6 cm³/mol. The Morgan fingerprint density at radius 2 is 2.21 bits per heavy atom. The van der Waals surface area contributed by atoms with Gasteiger partial charge in [-0.25, -0.2) is 4.68 Å². The van der Waals surface area contributed by atoms with Crippen molar-refractivity contribution in [3.05, 3.63) is 21.6 Å². The van der Waals surface area contributed by atoms with Crippen molar-refractivity contribution in [2.75, 3.05) is 18.4 Å². The molecular weight excluding hydrogens is 264 g/mol. The fourth-order valence-corrected chi connectivity index (χ4v) is 3.05. The van der Waals surface area contributed by atoms with Gasteiger partial charge in [0.2, 0.25) is 0 Å². The van der Waals surface area contributed by atoms with E-state index >= 15 is 0 Å². The summed E-state index contributed by atoms with van der Waals surface area (Å²) in [6.45, 7) is 6.80. The third-order valence-corrected chi connectivity index (χ3v) is 4.30. The molecule has 2 atom stereocenters. The molecule has 19 heavy (non-hydrogen) atoms. The first-order chi connectivity index (χ1) is 9.08. The lowest BCUT2D eigenvalue weighted by Gasteiger charge is -2.12. The Labute approximate surface area is 117 Å². The van der Waals surface area contributed by atoms with Crippen LogP contribution in [-0.2, 0) is 6.54 Å². The van der Waals surface area contributed by atoms with E-state index in [0.29, 0.717) is 36.0 Å². The molecule has 2 N–H and O–H groups in total. The van der Waals surface area contributed by atoms with Crippen molar-refractivity contribution < 1.29 is 0 Å². The van der Waals surface area contributed by atoms with E-state index < -0.39 is 0 Å². The van der Waals surface area contributed by atoms with Crippen molar-refractivity contribution in [3.63, 3.8) is 0 Å². The Balaban J connectivity index is 1.76. The van der Waals surface area contributed by atoms with Gasteiger partial charge in [-0.2, -0.15) is 5.10 Å². The molecule has 0 aromatic carbocycles. The smallest absolute Gasteiger partial charge is 0.287 e. The lowest BCUT2D eigenvalue weighted by molar-refractivity contribution is 0.464. The second-order valence-electron chi connectivity index (χ2n) is 5.91. The lowest BCUT2D eigenvalue weighted by atomic mass is 10.2. The van der Waals surface area contributed by atoms with Gasteiger partial charge in [-0.3, -0.25) is 4.79 Å².